The number of nitrogens with zero attached hydrogens (tertiary/aromatic N) is 1. The van der Waals surface area contributed by atoms with Crippen molar-refractivity contribution >= 4 is 39.4 Å². The van der Waals surface area contributed by atoms with Gasteiger partial charge in [0.2, 0.25) is 0 Å². The molecule has 5 nitrogen and oxygen atoms in total. The van der Waals surface area contributed by atoms with Gasteiger partial charge in [0.05, 0.1) is 10.4 Å². The summed E-state index contributed by atoms with van der Waals surface area (Å²) in [5.41, 5.74) is 1.31. The zero-order chi connectivity index (χ0) is 17.1. The summed E-state index contributed by atoms with van der Waals surface area (Å²) in [7, 11) is 0. The molecule has 7 heteroatoms. The standard InChI is InChI=1S/C17H14N2O3S2/c18-9-11-10-4-1-2-5-14(10)24-16(11)19-12(17(21)22)8-13(20)15-6-3-7-23-15/h3,6-8,19H,1-2,4-5H2,(H,21,22). The highest BCUT2D eigenvalue weighted by molar-refractivity contribution is 7.16. The molecule has 2 heterocycles. The average molecular weight is 358 g/mol. The number of rotatable bonds is 5. The molecule has 0 bridgehead atoms. The van der Waals surface area contributed by atoms with Crippen molar-refractivity contribution in [1.82, 2.24) is 0 Å². The zero-order valence-electron chi connectivity index (χ0n) is 12.7. The number of nitrogens with one attached hydrogen (secondary N) is 1. The summed E-state index contributed by atoms with van der Waals surface area (Å²) < 4.78 is 0. The summed E-state index contributed by atoms with van der Waals surface area (Å²) in [5.74, 6) is -1.59. The van der Waals surface area contributed by atoms with Crippen molar-refractivity contribution in [3.8, 4) is 6.07 Å². The van der Waals surface area contributed by atoms with Gasteiger partial charge in [-0.2, -0.15) is 5.26 Å². The van der Waals surface area contributed by atoms with E-state index in [-0.39, 0.29) is 11.5 Å². The van der Waals surface area contributed by atoms with Gasteiger partial charge in [-0.15, -0.1) is 22.7 Å². The minimum absolute atomic E-state index is 0.219. The first-order valence-corrected chi connectivity index (χ1v) is 9.14. The highest BCUT2D eigenvalue weighted by Crippen LogP contribution is 2.38. The Morgan fingerprint density at radius 3 is 2.79 bits per heavy atom. The molecule has 1 aliphatic rings. The molecule has 2 aromatic heterocycles. The van der Waals surface area contributed by atoms with E-state index in [4.69, 9.17) is 0 Å². The van der Waals surface area contributed by atoms with Gasteiger partial charge in [-0.25, -0.2) is 4.79 Å². The molecule has 0 atom stereocenters. The first-order valence-electron chi connectivity index (χ1n) is 7.44. The van der Waals surface area contributed by atoms with Crippen LogP contribution in [-0.2, 0) is 17.6 Å². The average Bonchev–Trinajstić information content (AvgIpc) is 3.21. The number of thiophene rings is 2. The number of carboxylic acid groups (broad SMARTS) is 1. The van der Waals surface area contributed by atoms with Gasteiger partial charge >= 0.3 is 5.97 Å². The number of hydrogen-bond acceptors (Lipinski definition) is 6. The van der Waals surface area contributed by atoms with Crippen LogP contribution in [0.3, 0.4) is 0 Å². The second-order valence-corrected chi connectivity index (χ2v) is 7.41. The highest BCUT2D eigenvalue weighted by Gasteiger charge is 2.22. The van der Waals surface area contributed by atoms with Crippen LogP contribution in [0.1, 0.15) is 38.5 Å². The quantitative estimate of drug-likeness (QED) is 0.626. The SMILES string of the molecule is N#Cc1c(NC(=CC(=O)c2cccs2)C(=O)O)sc2c1CCCC2. The van der Waals surface area contributed by atoms with Crippen molar-refractivity contribution in [2.75, 3.05) is 5.32 Å². The molecule has 0 radical (unpaired) electrons. The lowest BCUT2D eigenvalue weighted by atomic mass is 9.96. The Labute approximate surface area is 146 Å². The van der Waals surface area contributed by atoms with Gasteiger partial charge in [-0.1, -0.05) is 6.07 Å². The number of ketones is 1. The molecule has 0 fully saturated rings. The van der Waals surface area contributed by atoms with Crippen molar-refractivity contribution in [2.45, 2.75) is 25.7 Å². The lowest BCUT2D eigenvalue weighted by Crippen LogP contribution is -2.12. The number of aliphatic carboxylic acids is 1. The van der Waals surface area contributed by atoms with Gasteiger partial charge in [0.1, 0.15) is 16.8 Å². The number of carbonyl (C=O) groups excluding carboxylic acids is 1. The molecular weight excluding hydrogens is 344 g/mol. The Bertz CT molecular complexity index is 857. The summed E-state index contributed by atoms with van der Waals surface area (Å²) in [6.07, 6.45) is 4.95. The number of anilines is 1. The molecule has 0 aliphatic heterocycles. The van der Waals surface area contributed by atoms with Crippen molar-refractivity contribution in [3.63, 3.8) is 0 Å². The fourth-order valence-electron chi connectivity index (χ4n) is 2.67. The van der Waals surface area contributed by atoms with Gasteiger partial charge < -0.3 is 10.4 Å². The maximum absolute atomic E-state index is 12.1. The molecule has 2 aromatic rings. The van der Waals surface area contributed by atoms with E-state index < -0.39 is 5.97 Å². The van der Waals surface area contributed by atoms with Crippen LogP contribution in [0, 0.1) is 11.3 Å². The first kappa shape index (κ1) is 16.4. The summed E-state index contributed by atoms with van der Waals surface area (Å²) in [6.45, 7) is 0. The Balaban J connectivity index is 1.92. The molecule has 0 amide bonds. The third-order valence-corrected chi connectivity index (χ3v) is 5.89. The predicted molar refractivity (Wildman–Crippen MR) is 93.7 cm³/mol. The minimum Gasteiger partial charge on any atom is -0.477 e. The van der Waals surface area contributed by atoms with Crippen molar-refractivity contribution < 1.29 is 14.7 Å². The molecule has 0 saturated heterocycles. The number of allylic oxidation sites excluding steroid dienone is 1. The van der Waals surface area contributed by atoms with E-state index in [0.29, 0.717) is 15.4 Å². The molecule has 24 heavy (non-hydrogen) atoms. The summed E-state index contributed by atoms with van der Waals surface area (Å²) in [5, 5.41) is 23.9. The first-order chi connectivity index (χ1) is 11.6. The second kappa shape index (κ2) is 6.99. The summed E-state index contributed by atoms with van der Waals surface area (Å²) in [6, 6.07) is 5.56. The Morgan fingerprint density at radius 2 is 2.12 bits per heavy atom. The van der Waals surface area contributed by atoms with Gasteiger partial charge in [-0.3, -0.25) is 4.79 Å². The van der Waals surface area contributed by atoms with E-state index in [1.807, 2.05) is 0 Å². The Morgan fingerprint density at radius 1 is 1.33 bits per heavy atom. The number of carboxylic acids is 1. The van der Waals surface area contributed by atoms with Crippen LogP contribution in [0.15, 0.2) is 29.3 Å². The van der Waals surface area contributed by atoms with Crippen molar-refractivity contribution in [1.29, 1.82) is 5.26 Å². The molecule has 3 rings (SSSR count). The molecule has 0 spiro atoms. The van der Waals surface area contributed by atoms with E-state index in [9.17, 15) is 20.0 Å². The van der Waals surface area contributed by atoms with E-state index in [0.717, 1.165) is 42.2 Å². The number of hydrogen-bond donors (Lipinski definition) is 2. The number of carbonyl (C=O) groups is 2. The fraction of sp³-hybridized carbons (Fsp3) is 0.235. The van der Waals surface area contributed by atoms with E-state index in [2.05, 4.69) is 11.4 Å². The van der Waals surface area contributed by atoms with Gasteiger partial charge in [-0.05, 0) is 42.7 Å². The number of fused-ring (bicyclic) bond motifs is 1. The lowest BCUT2D eigenvalue weighted by Gasteiger charge is -2.09. The van der Waals surface area contributed by atoms with Crippen LogP contribution in [-0.4, -0.2) is 16.9 Å². The largest absolute Gasteiger partial charge is 0.477 e. The topological polar surface area (TPSA) is 90.2 Å². The maximum Gasteiger partial charge on any atom is 0.352 e. The maximum atomic E-state index is 12.1. The summed E-state index contributed by atoms with van der Waals surface area (Å²) in [4.78, 5) is 25.2. The molecule has 0 saturated carbocycles. The van der Waals surface area contributed by atoms with Crippen LogP contribution >= 0.6 is 22.7 Å². The van der Waals surface area contributed by atoms with Crippen LogP contribution in [0.5, 0.6) is 0 Å². The molecule has 0 unspecified atom stereocenters. The van der Waals surface area contributed by atoms with E-state index in [1.165, 1.54) is 22.7 Å². The predicted octanol–water partition coefficient (Wildman–Crippen LogP) is 3.82. The second-order valence-electron chi connectivity index (χ2n) is 5.36. The monoisotopic (exact) mass is 358 g/mol. The van der Waals surface area contributed by atoms with Gasteiger partial charge in [0.15, 0.2) is 5.78 Å². The number of aryl methyl sites for hydroxylation is 1. The summed E-state index contributed by atoms with van der Waals surface area (Å²) >= 11 is 2.67. The lowest BCUT2D eigenvalue weighted by molar-refractivity contribution is -0.132. The molecular formula is C17H14N2O3S2. The third kappa shape index (κ3) is 3.25. The molecule has 0 aromatic carbocycles. The molecule has 122 valence electrons. The smallest absolute Gasteiger partial charge is 0.352 e. The van der Waals surface area contributed by atoms with Crippen LogP contribution < -0.4 is 5.32 Å². The molecule has 2 N–H and O–H groups in total. The number of nitriles is 1. The highest BCUT2D eigenvalue weighted by atomic mass is 32.1. The Hall–Kier alpha value is -2.43. The van der Waals surface area contributed by atoms with Crippen LogP contribution in [0.25, 0.3) is 0 Å². The van der Waals surface area contributed by atoms with Gasteiger partial charge in [0.25, 0.3) is 0 Å². The van der Waals surface area contributed by atoms with Crippen LogP contribution in [0.2, 0.25) is 0 Å². The minimum atomic E-state index is -1.23. The van der Waals surface area contributed by atoms with Crippen molar-refractivity contribution in [3.05, 3.63) is 50.2 Å². The fourth-order valence-corrected chi connectivity index (χ4v) is 4.55. The third-order valence-electron chi connectivity index (χ3n) is 3.80. The van der Waals surface area contributed by atoms with Crippen molar-refractivity contribution in [2.24, 2.45) is 0 Å². The van der Waals surface area contributed by atoms with Gasteiger partial charge in [0, 0.05) is 11.0 Å². The normalized spacial score (nSPS) is 13.9. The van der Waals surface area contributed by atoms with Crippen LogP contribution in [0.4, 0.5) is 5.00 Å². The molecule has 1 aliphatic carbocycles. The zero-order valence-corrected chi connectivity index (χ0v) is 14.3. The Kier molecular flexibility index (Phi) is 4.79. The van der Waals surface area contributed by atoms with E-state index in [1.54, 1.807) is 17.5 Å². The van der Waals surface area contributed by atoms with E-state index >= 15 is 0 Å².